The Balaban J connectivity index is 2.47. The van der Waals surface area contributed by atoms with Crippen LogP contribution in [0.15, 0.2) is 17.0 Å². The quantitative estimate of drug-likeness (QED) is 0.669. The average molecular weight is 290 g/mol. The average Bonchev–Trinajstić information content (AvgIpc) is 2.59. The van der Waals surface area contributed by atoms with Crippen molar-refractivity contribution in [1.82, 2.24) is 0 Å². The first-order valence-corrected chi connectivity index (χ1v) is 7.48. The van der Waals surface area contributed by atoms with Crippen LogP contribution < -0.4 is 0 Å². The normalized spacial score (nSPS) is 16.0. The zero-order valence-electron chi connectivity index (χ0n) is 10.6. The van der Waals surface area contributed by atoms with Crippen LogP contribution in [0.1, 0.15) is 36.0 Å². The highest BCUT2D eigenvalue weighted by atomic mass is 32.2. The maximum atomic E-state index is 13.1. The molecule has 0 atom stereocenters. The number of rotatable bonds is 3. The van der Waals surface area contributed by atoms with Crippen molar-refractivity contribution in [2.45, 2.75) is 43.2 Å². The van der Waals surface area contributed by atoms with Gasteiger partial charge in [-0.1, -0.05) is 12.5 Å². The van der Waals surface area contributed by atoms with Gasteiger partial charge in [0, 0.05) is 10.6 Å². The minimum absolute atomic E-state index is 0.106. The summed E-state index contributed by atoms with van der Waals surface area (Å²) < 4.78 is 39.2. The Morgan fingerprint density at radius 2 is 1.84 bits per heavy atom. The molecule has 0 amide bonds. The summed E-state index contributed by atoms with van der Waals surface area (Å²) in [6.07, 6.45) is 0.315. The summed E-state index contributed by atoms with van der Waals surface area (Å²) in [5, 5.41) is 8.88. The third kappa shape index (κ3) is 3.45. The summed E-state index contributed by atoms with van der Waals surface area (Å²) in [6.45, 7) is -0.106. The van der Waals surface area contributed by atoms with Crippen LogP contribution in [-0.4, -0.2) is 17.5 Å². The summed E-state index contributed by atoms with van der Waals surface area (Å²) >= 11 is 1.13. The van der Waals surface area contributed by atoms with Crippen LogP contribution >= 0.6 is 11.8 Å². The fraction of sp³-hybridized carbons (Fsp3) is 0.571. The van der Waals surface area contributed by atoms with Gasteiger partial charge >= 0.3 is 6.18 Å². The first kappa shape index (κ1) is 14.7. The zero-order chi connectivity index (χ0) is 13.9. The van der Waals surface area contributed by atoms with E-state index < -0.39 is 11.7 Å². The van der Waals surface area contributed by atoms with Crippen molar-refractivity contribution in [3.8, 4) is 0 Å². The van der Waals surface area contributed by atoms with E-state index in [9.17, 15) is 13.2 Å². The lowest BCUT2D eigenvalue weighted by Gasteiger charge is -2.18. The number of aliphatic hydroxyl groups is 1. The molecule has 1 aromatic carbocycles. The minimum atomic E-state index is -4.32. The highest BCUT2D eigenvalue weighted by Crippen LogP contribution is 2.41. The predicted octanol–water partition coefficient (Wildman–Crippen LogP) is 4.06. The topological polar surface area (TPSA) is 20.2 Å². The fourth-order valence-electron chi connectivity index (χ4n) is 2.51. The molecule has 0 fully saturated rings. The van der Waals surface area contributed by atoms with Gasteiger partial charge in [0.1, 0.15) is 0 Å². The Bertz CT molecular complexity index is 443. The molecule has 19 heavy (non-hydrogen) atoms. The molecule has 0 unspecified atom stereocenters. The van der Waals surface area contributed by atoms with Crippen molar-refractivity contribution in [3.05, 3.63) is 28.8 Å². The molecule has 0 radical (unpaired) electrons. The molecule has 1 aliphatic carbocycles. The molecule has 0 aromatic heterocycles. The number of thioether (sulfide) groups is 1. The number of hydrogen-bond donors (Lipinski definition) is 1. The van der Waals surface area contributed by atoms with Gasteiger partial charge in [-0.2, -0.15) is 13.2 Å². The second kappa shape index (κ2) is 6.18. The number of hydrogen-bond acceptors (Lipinski definition) is 2. The van der Waals surface area contributed by atoms with Crippen LogP contribution in [-0.2, 0) is 19.0 Å². The van der Waals surface area contributed by atoms with E-state index in [4.69, 9.17) is 5.11 Å². The van der Waals surface area contributed by atoms with Crippen LogP contribution in [0.3, 0.4) is 0 Å². The van der Waals surface area contributed by atoms with Gasteiger partial charge in [0.15, 0.2) is 0 Å². The van der Waals surface area contributed by atoms with E-state index in [0.29, 0.717) is 17.1 Å². The number of alkyl halides is 3. The molecule has 1 N–H and O–H groups in total. The summed E-state index contributed by atoms with van der Waals surface area (Å²) in [5.41, 5.74) is 1.35. The van der Waals surface area contributed by atoms with Gasteiger partial charge in [-0.3, -0.25) is 0 Å². The molecule has 0 saturated heterocycles. The molecule has 0 aliphatic heterocycles. The Morgan fingerprint density at radius 1 is 1.11 bits per heavy atom. The van der Waals surface area contributed by atoms with Gasteiger partial charge in [0.2, 0.25) is 0 Å². The van der Waals surface area contributed by atoms with E-state index >= 15 is 0 Å². The van der Waals surface area contributed by atoms with Crippen molar-refractivity contribution >= 4 is 11.8 Å². The van der Waals surface area contributed by atoms with Gasteiger partial charge in [-0.05, 0) is 42.9 Å². The van der Waals surface area contributed by atoms with Gasteiger partial charge in [-0.15, -0.1) is 11.8 Å². The fourth-order valence-corrected chi connectivity index (χ4v) is 3.55. The highest BCUT2D eigenvalue weighted by Gasteiger charge is 2.35. The zero-order valence-corrected chi connectivity index (χ0v) is 11.4. The SMILES string of the molecule is OCCSc1c(C(F)(F)F)ccc2c1CCCCC2. The first-order chi connectivity index (χ1) is 9.04. The molecule has 0 spiro atoms. The Morgan fingerprint density at radius 3 is 2.53 bits per heavy atom. The molecule has 0 heterocycles. The molecule has 5 heteroatoms. The maximum Gasteiger partial charge on any atom is 0.417 e. The summed E-state index contributed by atoms with van der Waals surface area (Å²) in [7, 11) is 0. The van der Waals surface area contributed by atoms with Crippen molar-refractivity contribution in [3.63, 3.8) is 0 Å². The monoisotopic (exact) mass is 290 g/mol. The lowest BCUT2D eigenvalue weighted by atomic mass is 9.99. The second-order valence-electron chi connectivity index (χ2n) is 4.71. The molecule has 1 aliphatic rings. The summed E-state index contributed by atoms with van der Waals surface area (Å²) in [4.78, 5) is 0.334. The predicted molar refractivity (Wildman–Crippen MR) is 70.5 cm³/mol. The summed E-state index contributed by atoms with van der Waals surface area (Å²) in [5.74, 6) is 0.305. The molecule has 0 bridgehead atoms. The second-order valence-corrected chi connectivity index (χ2v) is 5.82. The molecule has 1 aromatic rings. The van der Waals surface area contributed by atoms with Gasteiger partial charge in [0.05, 0.1) is 12.2 Å². The minimum Gasteiger partial charge on any atom is -0.396 e. The lowest BCUT2D eigenvalue weighted by molar-refractivity contribution is -0.139. The van der Waals surface area contributed by atoms with Crippen molar-refractivity contribution < 1.29 is 18.3 Å². The molecule has 0 saturated carbocycles. The van der Waals surface area contributed by atoms with Gasteiger partial charge in [0.25, 0.3) is 0 Å². The largest absolute Gasteiger partial charge is 0.417 e. The Labute approximate surface area is 115 Å². The highest BCUT2D eigenvalue weighted by molar-refractivity contribution is 7.99. The van der Waals surface area contributed by atoms with Crippen LogP contribution in [0.4, 0.5) is 13.2 Å². The standard InChI is InChI=1S/C14H17F3OS/c15-14(16,17)12-7-6-10-4-2-1-3-5-11(10)13(12)19-9-8-18/h6-7,18H,1-5,8-9H2. The van der Waals surface area contributed by atoms with E-state index in [0.717, 1.165) is 48.6 Å². The number of halogens is 3. The van der Waals surface area contributed by atoms with Crippen molar-refractivity contribution in [2.24, 2.45) is 0 Å². The van der Waals surface area contributed by atoms with Crippen molar-refractivity contribution in [1.29, 1.82) is 0 Å². The number of aryl methyl sites for hydroxylation is 1. The van der Waals surface area contributed by atoms with E-state index in [1.165, 1.54) is 6.07 Å². The number of fused-ring (bicyclic) bond motifs is 1. The van der Waals surface area contributed by atoms with Crippen LogP contribution in [0, 0.1) is 0 Å². The van der Waals surface area contributed by atoms with Gasteiger partial charge < -0.3 is 5.11 Å². The third-order valence-corrected chi connectivity index (χ3v) is 4.52. The number of benzene rings is 1. The van der Waals surface area contributed by atoms with E-state index in [-0.39, 0.29) is 6.61 Å². The lowest BCUT2D eigenvalue weighted by Crippen LogP contribution is -2.10. The molecular formula is C14H17F3OS. The van der Waals surface area contributed by atoms with Crippen molar-refractivity contribution in [2.75, 3.05) is 12.4 Å². The smallest absolute Gasteiger partial charge is 0.396 e. The van der Waals surface area contributed by atoms with Gasteiger partial charge in [-0.25, -0.2) is 0 Å². The summed E-state index contributed by atoms with van der Waals surface area (Å²) in [6, 6.07) is 2.83. The van der Waals surface area contributed by atoms with Crippen LogP contribution in [0.5, 0.6) is 0 Å². The third-order valence-electron chi connectivity index (χ3n) is 3.37. The molecule has 106 valence electrons. The molecule has 1 nitrogen and oxygen atoms in total. The van der Waals surface area contributed by atoms with Crippen LogP contribution in [0.2, 0.25) is 0 Å². The van der Waals surface area contributed by atoms with Crippen LogP contribution in [0.25, 0.3) is 0 Å². The number of aliphatic hydroxyl groups excluding tert-OH is 1. The maximum absolute atomic E-state index is 13.1. The molecule has 2 rings (SSSR count). The Kier molecular flexibility index (Phi) is 4.79. The first-order valence-electron chi connectivity index (χ1n) is 6.49. The van der Waals surface area contributed by atoms with E-state index in [1.54, 1.807) is 6.07 Å². The Hall–Kier alpha value is -0.680. The molecular weight excluding hydrogens is 273 g/mol. The van der Waals surface area contributed by atoms with E-state index in [1.807, 2.05) is 0 Å². The van der Waals surface area contributed by atoms with E-state index in [2.05, 4.69) is 0 Å².